The Morgan fingerprint density at radius 3 is 2.55 bits per heavy atom. The van der Waals surface area contributed by atoms with E-state index in [1.165, 1.54) is 0 Å². The average molecular weight is 421 g/mol. The first-order valence-electron chi connectivity index (χ1n) is 11.2. The van der Waals surface area contributed by atoms with E-state index in [1.807, 2.05) is 21.5 Å². The molecule has 3 heterocycles. The number of nitrogens with one attached hydrogen (secondary N) is 1. The molecule has 31 heavy (non-hydrogen) atoms. The van der Waals surface area contributed by atoms with Gasteiger partial charge in [0.25, 0.3) is 0 Å². The Morgan fingerprint density at radius 1 is 1.19 bits per heavy atom. The van der Waals surface area contributed by atoms with Gasteiger partial charge in [0.1, 0.15) is 5.41 Å². The van der Waals surface area contributed by atoms with Gasteiger partial charge in [-0.2, -0.15) is 10.2 Å². The van der Waals surface area contributed by atoms with Crippen LogP contribution in [0.2, 0.25) is 0 Å². The highest BCUT2D eigenvalue weighted by molar-refractivity contribution is 5.92. The molecule has 3 aliphatic rings. The number of nitriles is 1. The predicted octanol–water partition coefficient (Wildman–Crippen LogP) is 3.11. The van der Waals surface area contributed by atoms with Crippen molar-refractivity contribution in [2.24, 2.45) is 16.7 Å². The summed E-state index contributed by atoms with van der Waals surface area (Å²) in [6.45, 7) is 4.90. The summed E-state index contributed by atoms with van der Waals surface area (Å²) >= 11 is 0. The van der Waals surface area contributed by atoms with Crippen LogP contribution in [-0.4, -0.2) is 44.4 Å². The summed E-state index contributed by atoms with van der Waals surface area (Å²) in [4.78, 5) is 30.9. The zero-order valence-corrected chi connectivity index (χ0v) is 18.1. The molecule has 2 amide bonds. The summed E-state index contributed by atoms with van der Waals surface area (Å²) in [5.41, 5.74) is 1.12. The minimum Gasteiger partial charge on any atom is -0.340 e. The number of hydrogen-bond donors (Lipinski definition) is 1. The lowest BCUT2D eigenvalue weighted by Crippen LogP contribution is -2.61. The first kappa shape index (κ1) is 20.0. The van der Waals surface area contributed by atoms with Crippen LogP contribution in [0.5, 0.6) is 0 Å². The van der Waals surface area contributed by atoms with Crippen LogP contribution in [0, 0.1) is 28.1 Å². The molecule has 8 nitrogen and oxygen atoms in total. The van der Waals surface area contributed by atoms with Crippen molar-refractivity contribution >= 4 is 23.4 Å². The van der Waals surface area contributed by atoms with Crippen molar-refractivity contribution in [1.29, 1.82) is 5.26 Å². The zero-order chi connectivity index (χ0) is 21.8. The third kappa shape index (κ3) is 3.56. The van der Waals surface area contributed by atoms with Crippen molar-refractivity contribution in [3.8, 4) is 6.07 Å². The van der Waals surface area contributed by atoms with Gasteiger partial charge >= 0.3 is 0 Å². The van der Waals surface area contributed by atoms with Crippen LogP contribution in [0.4, 0.5) is 5.95 Å². The Balaban J connectivity index is 1.25. The normalized spacial score (nSPS) is 21.0. The van der Waals surface area contributed by atoms with Gasteiger partial charge in [0.15, 0.2) is 5.65 Å². The quantitative estimate of drug-likeness (QED) is 0.818. The number of amides is 2. The van der Waals surface area contributed by atoms with E-state index in [0.29, 0.717) is 11.9 Å². The zero-order valence-electron chi connectivity index (χ0n) is 18.1. The number of pyridine rings is 1. The molecule has 3 fully saturated rings. The Kier molecular flexibility index (Phi) is 4.54. The molecule has 2 aromatic heterocycles. The van der Waals surface area contributed by atoms with E-state index in [4.69, 9.17) is 0 Å². The van der Waals surface area contributed by atoms with E-state index >= 15 is 0 Å². The maximum Gasteiger partial charge on any atom is 0.249 e. The molecule has 0 unspecified atom stereocenters. The second-order valence-electron chi connectivity index (χ2n) is 10.1. The number of rotatable bonds is 4. The number of nitrogens with zero attached hydrogens (tertiary/aromatic N) is 5. The molecule has 0 aromatic carbocycles. The highest BCUT2D eigenvalue weighted by atomic mass is 16.2. The minimum absolute atomic E-state index is 0.0146. The number of likely N-dealkylation sites (tertiary alicyclic amines) is 1. The Hall–Kier alpha value is -2.95. The van der Waals surface area contributed by atoms with E-state index in [2.05, 4.69) is 27.5 Å². The van der Waals surface area contributed by atoms with Gasteiger partial charge in [-0.3, -0.25) is 14.9 Å². The first-order chi connectivity index (χ1) is 14.8. The summed E-state index contributed by atoms with van der Waals surface area (Å²) in [5, 5.41) is 16.6. The second-order valence-corrected chi connectivity index (χ2v) is 10.1. The average Bonchev–Trinajstić information content (AvgIpc) is 3.51. The molecule has 1 spiro atoms. The largest absolute Gasteiger partial charge is 0.340 e. The van der Waals surface area contributed by atoms with Gasteiger partial charge in [0, 0.05) is 36.0 Å². The van der Waals surface area contributed by atoms with Gasteiger partial charge in [-0.1, -0.05) is 6.07 Å². The standard InChI is InChI=1S/C23H28N6O2/c1-22(2,12-24)20(31)28-13-23(14-28)10-8-15(9-11-23)17-4-3-5-18-25-21(27-29(17)18)26-19(30)16-6-7-16/h3-5,15-16H,6-11,13-14H2,1-2H3,(H,26,27,30). The second kappa shape index (κ2) is 7.04. The molecule has 0 radical (unpaired) electrons. The number of carbonyl (C=O) groups is 2. The van der Waals surface area contributed by atoms with Gasteiger partial charge in [-0.05, 0) is 64.5 Å². The molecule has 2 aromatic rings. The fraction of sp³-hybridized carbons (Fsp3) is 0.609. The molecular formula is C23H28N6O2. The van der Waals surface area contributed by atoms with Crippen LogP contribution < -0.4 is 5.32 Å². The van der Waals surface area contributed by atoms with E-state index in [9.17, 15) is 14.9 Å². The van der Waals surface area contributed by atoms with Crippen LogP contribution in [0.1, 0.15) is 64.0 Å². The lowest BCUT2D eigenvalue weighted by Gasteiger charge is -2.54. The summed E-state index contributed by atoms with van der Waals surface area (Å²) in [7, 11) is 0. The number of aromatic nitrogens is 3. The Bertz CT molecular complexity index is 1080. The monoisotopic (exact) mass is 420 g/mol. The SMILES string of the molecule is CC(C)(C#N)C(=O)N1CC2(CCC(c3cccc4nc(NC(=O)C5CC5)nn34)CC2)C1. The van der Waals surface area contributed by atoms with Gasteiger partial charge in [-0.15, -0.1) is 5.10 Å². The van der Waals surface area contributed by atoms with Crippen LogP contribution in [0.3, 0.4) is 0 Å². The van der Waals surface area contributed by atoms with Crippen LogP contribution in [-0.2, 0) is 9.59 Å². The third-order valence-corrected chi connectivity index (χ3v) is 7.19. The van der Waals surface area contributed by atoms with Crippen LogP contribution in [0.25, 0.3) is 5.65 Å². The fourth-order valence-corrected chi connectivity index (χ4v) is 5.04. The molecule has 1 saturated heterocycles. The lowest BCUT2D eigenvalue weighted by atomic mass is 9.65. The van der Waals surface area contributed by atoms with E-state index in [-0.39, 0.29) is 23.1 Å². The van der Waals surface area contributed by atoms with Crippen molar-refractivity contribution in [1.82, 2.24) is 19.5 Å². The van der Waals surface area contributed by atoms with E-state index in [1.54, 1.807) is 13.8 Å². The van der Waals surface area contributed by atoms with E-state index < -0.39 is 5.41 Å². The third-order valence-electron chi connectivity index (χ3n) is 7.19. The molecule has 5 rings (SSSR count). The van der Waals surface area contributed by atoms with Crippen molar-refractivity contribution in [3.05, 3.63) is 23.9 Å². The van der Waals surface area contributed by atoms with Crippen molar-refractivity contribution < 1.29 is 9.59 Å². The molecule has 1 aliphatic heterocycles. The van der Waals surface area contributed by atoms with Gasteiger partial charge < -0.3 is 4.90 Å². The van der Waals surface area contributed by atoms with Gasteiger partial charge in [0.05, 0.1) is 6.07 Å². The van der Waals surface area contributed by atoms with Crippen molar-refractivity contribution in [3.63, 3.8) is 0 Å². The lowest BCUT2D eigenvalue weighted by molar-refractivity contribution is -0.152. The fourth-order valence-electron chi connectivity index (χ4n) is 5.04. The number of anilines is 1. The molecular weight excluding hydrogens is 392 g/mol. The topological polar surface area (TPSA) is 103 Å². The maximum atomic E-state index is 12.5. The van der Waals surface area contributed by atoms with Gasteiger partial charge in [0.2, 0.25) is 17.8 Å². The summed E-state index contributed by atoms with van der Waals surface area (Å²) in [6.07, 6.45) is 6.09. The Morgan fingerprint density at radius 2 is 1.90 bits per heavy atom. The van der Waals surface area contributed by atoms with Crippen molar-refractivity contribution in [2.45, 2.75) is 58.3 Å². The number of hydrogen-bond acceptors (Lipinski definition) is 5. The molecule has 2 aliphatic carbocycles. The first-order valence-corrected chi connectivity index (χ1v) is 11.2. The molecule has 0 atom stereocenters. The molecule has 0 bridgehead atoms. The summed E-state index contributed by atoms with van der Waals surface area (Å²) in [6, 6.07) is 8.14. The maximum absolute atomic E-state index is 12.5. The Labute approximate surface area is 181 Å². The van der Waals surface area contributed by atoms with E-state index in [0.717, 1.165) is 63.0 Å². The number of fused-ring (bicyclic) bond motifs is 1. The molecule has 2 saturated carbocycles. The highest BCUT2D eigenvalue weighted by Gasteiger charge is 2.49. The molecule has 8 heteroatoms. The number of carbonyl (C=O) groups excluding carboxylic acids is 2. The summed E-state index contributed by atoms with van der Waals surface area (Å²) in [5.74, 6) is 0.832. The van der Waals surface area contributed by atoms with Gasteiger partial charge in [-0.25, -0.2) is 4.52 Å². The molecule has 162 valence electrons. The van der Waals surface area contributed by atoms with Crippen LogP contribution in [0.15, 0.2) is 18.2 Å². The van der Waals surface area contributed by atoms with Crippen LogP contribution >= 0.6 is 0 Å². The predicted molar refractivity (Wildman–Crippen MR) is 114 cm³/mol. The minimum atomic E-state index is -0.950. The smallest absolute Gasteiger partial charge is 0.249 e. The molecule has 1 N–H and O–H groups in total. The van der Waals surface area contributed by atoms with Crippen molar-refractivity contribution in [2.75, 3.05) is 18.4 Å². The highest BCUT2D eigenvalue weighted by Crippen LogP contribution is 2.49. The summed E-state index contributed by atoms with van der Waals surface area (Å²) < 4.78 is 1.87.